The number of rotatable bonds is 8. The number of ether oxygens (including phenoxy) is 1. The number of nitrogens with zero attached hydrogens (tertiary/aromatic N) is 1. The summed E-state index contributed by atoms with van der Waals surface area (Å²) in [6.45, 7) is 9.27. The van der Waals surface area contributed by atoms with Gasteiger partial charge in [-0.05, 0) is 19.8 Å². The van der Waals surface area contributed by atoms with Crippen molar-refractivity contribution in [2.24, 2.45) is 5.73 Å². The Hall–Kier alpha value is -0.120. The molecule has 0 rings (SSSR count). The van der Waals surface area contributed by atoms with Crippen LogP contribution in [0.15, 0.2) is 0 Å². The van der Waals surface area contributed by atoms with Crippen molar-refractivity contribution in [1.82, 2.24) is 4.90 Å². The zero-order chi connectivity index (χ0) is 11.0. The molecule has 0 radical (unpaired) electrons. The van der Waals surface area contributed by atoms with Crippen LogP contribution in [0.4, 0.5) is 0 Å². The van der Waals surface area contributed by atoms with Gasteiger partial charge in [-0.25, -0.2) is 0 Å². The second-order valence-electron chi connectivity index (χ2n) is 3.94. The number of hydrogen-bond donors (Lipinski definition) is 1. The quantitative estimate of drug-likeness (QED) is 0.648. The molecule has 0 aromatic rings. The van der Waals surface area contributed by atoms with E-state index >= 15 is 0 Å². The Morgan fingerprint density at radius 2 is 1.86 bits per heavy atom. The summed E-state index contributed by atoms with van der Waals surface area (Å²) in [5.74, 6) is 0. The third-order valence-electron chi connectivity index (χ3n) is 2.56. The van der Waals surface area contributed by atoms with Crippen molar-refractivity contribution in [3.63, 3.8) is 0 Å². The van der Waals surface area contributed by atoms with Gasteiger partial charge in [-0.3, -0.25) is 4.90 Å². The molecule has 0 saturated carbocycles. The molecule has 0 fully saturated rings. The molecule has 2 N–H and O–H groups in total. The normalized spacial score (nSPS) is 13.9. The van der Waals surface area contributed by atoms with Gasteiger partial charge in [0, 0.05) is 32.3 Å². The van der Waals surface area contributed by atoms with E-state index in [-0.39, 0.29) is 6.04 Å². The van der Waals surface area contributed by atoms with Gasteiger partial charge in [-0.1, -0.05) is 13.8 Å². The van der Waals surface area contributed by atoms with Crippen LogP contribution in [0.5, 0.6) is 0 Å². The molecular weight excluding hydrogens is 176 g/mol. The molecule has 0 amide bonds. The molecule has 0 aromatic carbocycles. The third-order valence-corrected chi connectivity index (χ3v) is 2.56. The van der Waals surface area contributed by atoms with Crippen LogP contribution in [0.1, 0.15) is 33.6 Å². The van der Waals surface area contributed by atoms with Crippen molar-refractivity contribution in [2.75, 3.05) is 26.8 Å². The lowest BCUT2D eigenvalue weighted by molar-refractivity contribution is 0.111. The second kappa shape index (κ2) is 8.21. The van der Waals surface area contributed by atoms with Crippen LogP contribution in [0.3, 0.4) is 0 Å². The average molecular weight is 202 g/mol. The smallest absolute Gasteiger partial charge is 0.0589 e. The molecular formula is C11H26N2O. The number of hydrogen-bond acceptors (Lipinski definition) is 3. The van der Waals surface area contributed by atoms with Gasteiger partial charge in [0.1, 0.15) is 0 Å². The highest BCUT2D eigenvalue weighted by Gasteiger charge is 2.15. The van der Waals surface area contributed by atoms with Crippen molar-refractivity contribution in [2.45, 2.75) is 45.7 Å². The van der Waals surface area contributed by atoms with Gasteiger partial charge in [0.15, 0.2) is 0 Å². The van der Waals surface area contributed by atoms with Gasteiger partial charge < -0.3 is 10.5 Å². The summed E-state index contributed by atoms with van der Waals surface area (Å²) in [5.41, 5.74) is 5.83. The molecule has 0 aromatic heterocycles. The molecule has 0 aliphatic rings. The lowest BCUT2D eigenvalue weighted by Crippen LogP contribution is -2.43. The predicted octanol–water partition coefficient (Wildman–Crippen LogP) is 1.47. The lowest BCUT2D eigenvalue weighted by atomic mass is 10.1. The first-order valence-electron chi connectivity index (χ1n) is 5.64. The largest absolute Gasteiger partial charge is 0.383 e. The van der Waals surface area contributed by atoms with Crippen molar-refractivity contribution < 1.29 is 4.74 Å². The minimum absolute atomic E-state index is 0.243. The molecule has 14 heavy (non-hydrogen) atoms. The lowest BCUT2D eigenvalue weighted by Gasteiger charge is -2.31. The summed E-state index contributed by atoms with van der Waals surface area (Å²) < 4.78 is 5.11. The fourth-order valence-corrected chi connectivity index (χ4v) is 1.81. The average Bonchev–Trinajstić information content (AvgIpc) is 2.15. The van der Waals surface area contributed by atoms with Crippen LogP contribution in [0, 0.1) is 0 Å². The molecule has 0 aliphatic carbocycles. The maximum absolute atomic E-state index is 5.83. The Morgan fingerprint density at radius 3 is 2.21 bits per heavy atom. The van der Waals surface area contributed by atoms with E-state index in [0.29, 0.717) is 6.04 Å². The molecule has 0 unspecified atom stereocenters. The Labute approximate surface area is 88.6 Å². The van der Waals surface area contributed by atoms with Crippen LogP contribution in [-0.4, -0.2) is 43.8 Å². The molecule has 3 nitrogen and oxygen atoms in total. The maximum Gasteiger partial charge on any atom is 0.0589 e. The molecule has 0 spiro atoms. The topological polar surface area (TPSA) is 38.5 Å². The van der Waals surface area contributed by atoms with Crippen LogP contribution >= 0.6 is 0 Å². The zero-order valence-corrected chi connectivity index (χ0v) is 10.1. The van der Waals surface area contributed by atoms with Gasteiger partial charge in [0.05, 0.1) is 6.61 Å². The Kier molecular flexibility index (Phi) is 8.14. The maximum atomic E-state index is 5.83. The Balaban J connectivity index is 4.06. The van der Waals surface area contributed by atoms with Gasteiger partial charge in [-0.2, -0.15) is 0 Å². The van der Waals surface area contributed by atoms with Crippen molar-refractivity contribution in [3.8, 4) is 0 Å². The Morgan fingerprint density at radius 1 is 1.29 bits per heavy atom. The van der Waals surface area contributed by atoms with E-state index in [0.717, 1.165) is 19.7 Å². The minimum Gasteiger partial charge on any atom is -0.383 e. The van der Waals surface area contributed by atoms with Gasteiger partial charge in [0.2, 0.25) is 0 Å². The van der Waals surface area contributed by atoms with E-state index in [1.807, 2.05) is 0 Å². The standard InChI is InChI=1S/C11H26N2O/c1-5-11(6-2)13(7-8-14-4)9-10(3)12/h10-11H,5-9,12H2,1-4H3/t10-/m1/s1. The van der Waals surface area contributed by atoms with Crippen molar-refractivity contribution in [1.29, 1.82) is 0 Å². The second-order valence-corrected chi connectivity index (χ2v) is 3.94. The molecule has 3 heteroatoms. The van der Waals surface area contributed by atoms with Crippen LogP contribution in [0.2, 0.25) is 0 Å². The monoisotopic (exact) mass is 202 g/mol. The van der Waals surface area contributed by atoms with Gasteiger partial charge in [0.25, 0.3) is 0 Å². The van der Waals surface area contributed by atoms with Crippen molar-refractivity contribution >= 4 is 0 Å². The summed E-state index contributed by atoms with van der Waals surface area (Å²) in [7, 11) is 1.75. The molecule has 1 atom stereocenters. The molecule has 0 saturated heterocycles. The first-order chi connectivity index (χ1) is 6.65. The zero-order valence-electron chi connectivity index (χ0n) is 10.1. The number of methoxy groups -OCH3 is 1. The summed E-state index contributed by atoms with van der Waals surface area (Å²) in [5, 5.41) is 0. The van der Waals surface area contributed by atoms with Gasteiger partial charge in [-0.15, -0.1) is 0 Å². The first-order valence-corrected chi connectivity index (χ1v) is 5.64. The van der Waals surface area contributed by atoms with Crippen LogP contribution in [0.25, 0.3) is 0 Å². The summed E-state index contributed by atoms with van der Waals surface area (Å²) in [6.07, 6.45) is 2.37. The third kappa shape index (κ3) is 5.58. The van der Waals surface area contributed by atoms with E-state index < -0.39 is 0 Å². The Bertz CT molecular complexity index is 124. The highest BCUT2D eigenvalue weighted by atomic mass is 16.5. The summed E-state index contributed by atoms with van der Waals surface area (Å²) in [4.78, 5) is 2.44. The van der Waals surface area contributed by atoms with Gasteiger partial charge >= 0.3 is 0 Å². The predicted molar refractivity (Wildman–Crippen MR) is 61.5 cm³/mol. The molecule has 86 valence electrons. The van der Waals surface area contributed by atoms with Crippen molar-refractivity contribution in [3.05, 3.63) is 0 Å². The fourth-order valence-electron chi connectivity index (χ4n) is 1.81. The van der Waals surface area contributed by atoms with E-state index in [4.69, 9.17) is 10.5 Å². The summed E-state index contributed by atoms with van der Waals surface area (Å²) in [6, 6.07) is 0.892. The SMILES string of the molecule is CCC(CC)N(CCOC)C[C@@H](C)N. The highest BCUT2D eigenvalue weighted by Crippen LogP contribution is 2.08. The van der Waals surface area contributed by atoms with E-state index in [1.165, 1.54) is 12.8 Å². The molecule has 0 heterocycles. The van der Waals surface area contributed by atoms with E-state index in [2.05, 4.69) is 25.7 Å². The number of nitrogens with two attached hydrogens (primary N) is 1. The molecule has 0 bridgehead atoms. The first kappa shape index (κ1) is 13.9. The fraction of sp³-hybridized carbons (Fsp3) is 1.00. The van der Waals surface area contributed by atoms with Crippen LogP contribution < -0.4 is 5.73 Å². The molecule has 0 aliphatic heterocycles. The highest BCUT2D eigenvalue weighted by molar-refractivity contribution is 4.72. The van der Waals surface area contributed by atoms with E-state index in [9.17, 15) is 0 Å². The summed E-state index contributed by atoms with van der Waals surface area (Å²) >= 11 is 0. The van der Waals surface area contributed by atoms with E-state index in [1.54, 1.807) is 7.11 Å². The van der Waals surface area contributed by atoms with Crippen LogP contribution in [-0.2, 0) is 4.74 Å². The minimum atomic E-state index is 0.243.